The number of carbonyl (C=O) groups is 2. The van der Waals surface area contributed by atoms with E-state index >= 15 is 0 Å². The Morgan fingerprint density at radius 3 is 2.36 bits per heavy atom. The molecule has 3 rings (SSSR count). The second kappa shape index (κ2) is 7.14. The first kappa shape index (κ1) is 17.9. The number of benzene rings is 2. The van der Waals surface area contributed by atoms with Crippen molar-refractivity contribution in [3.05, 3.63) is 68.7 Å². The normalized spacial score (nSPS) is 16.4. The van der Waals surface area contributed by atoms with Crippen molar-refractivity contribution in [3.63, 3.8) is 0 Å². The number of halogens is 3. The van der Waals surface area contributed by atoms with Crippen LogP contribution in [0, 0.1) is 0 Å². The van der Waals surface area contributed by atoms with Crippen LogP contribution in [-0.2, 0) is 9.59 Å². The Kier molecular flexibility index (Phi) is 5.11. The Morgan fingerprint density at radius 2 is 1.68 bits per heavy atom. The van der Waals surface area contributed by atoms with Gasteiger partial charge in [-0.05, 0) is 54.2 Å². The maximum atomic E-state index is 12.8. The summed E-state index contributed by atoms with van der Waals surface area (Å²) in [6, 6.07) is 11.5. The summed E-state index contributed by atoms with van der Waals surface area (Å²) < 4.78 is 0. The molecular formula is C17H9Cl3N2O2S. The minimum absolute atomic E-state index is 0.00772. The number of nitrogens with one attached hydrogen (secondary N) is 1. The van der Waals surface area contributed by atoms with E-state index in [2.05, 4.69) is 5.32 Å². The molecule has 2 aromatic rings. The van der Waals surface area contributed by atoms with E-state index in [1.54, 1.807) is 42.5 Å². The van der Waals surface area contributed by atoms with E-state index in [-0.39, 0.29) is 15.7 Å². The summed E-state index contributed by atoms with van der Waals surface area (Å²) in [5.41, 5.74) is 0.840. The van der Waals surface area contributed by atoms with Crippen molar-refractivity contribution < 1.29 is 9.59 Å². The maximum Gasteiger partial charge on any atom is 0.270 e. The Morgan fingerprint density at radius 1 is 1.00 bits per heavy atom. The van der Waals surface area contributed by atoms with E-state index in [0.29, 0.717) is 21.3 Å². The zero-order valence-corrected chi connectivity index (χ0v) is 15.5. The summed E-state index contributed by atoms with van der Waals surface area (Å²) in [6.45, 7) is 0. The second-order valence-electron chi connectivity index (χ2n) is 5.08. The topological polar surface area (TPSA) is 49.4 Å². The average Bonchev–Trinajstić information content (AvgIpc) is 2.56. The summed E-state index contributed by atoms with van der Waals surface area (Å²) in [5.74, 6) is -1.16. The standard InChI is InChI=1S/C17H9Cl3N2O2S/c18-10-4-6-11(7-5-10)22-16(24)12(15(23)21-17(22)25)8-9-2-1-3-13(19)14(9)20/h1-8H,(H,21,23,25). The molecule has 0 radical (unpaired) electrons. The minimum Gasteiger partial charge on any atom is -0.298 e. The molecule has 4 nitrogen and oxygen atoms in total. The summed E-state index contributed by atoms with van der Waals surface area (Å²) in [6.07, 6.45) is 1.39. The number of hydrogen-bond acceptors (Lipinski definition) is 3. The second-order valence-corrected chi connectivity index (χ2v) is 6.69. The number of hydrogen-bond donors (Lipinski definition) is 1. The van der Waals surface area contributed by atoms with Crippen LogP contribution < -0.4 is 10.2 Å². The molecule has 1 saturated heterocycles. The number of amides is 2. The lowest BCUT2D eigenvalue weighted by atomic mass is 10.1. The SMILES string of the molecule is O=C1NC(=S)N(c2ccc(Cl)cc2)C(=O)C1=Cc1cccc(Cl)c1Cl. The molecule has 1 aliphatic rings. The highest BCUT2D eigenvalue weighted by atomic mass is 35.5. The lowest BCUT2D eigenvalue weighted by molar-refractivity contribution is -0.122. The van der Waals surface area contributed by atoms with Crippen molar-refractivity contribution in [2.75, 3.05) is 4.90 Å². The van der Waals surface area contributed by atoms with Gasteiger partial charge in [0.25, 0.3) is 11.8 Å². The van der Waals surface area contributed by atoms with E-state index in [1.165, 1.54) is 11.0 Å². The third-order valence-corrected chi connectivity index (χ3v) is 4.84. The van der Waals surface area contributed by atoms with E-state index in [9.17, 15) is 9.59 Å². The Hall–Kier alpha value is -1.92. The van der Waals surface area contributed by atoms with E-state index < -0.39 is 11.8 Å². The first-order valence-corrected chi connectivity index (χ1v) is 8.54. The summed E-state index contributed by atoms with van der Waals surface area (Å²) in [5, 5.41) is 3.59. The number of carbonyl (C=O) groups excluding carboxylic acids is 2. The smallest absolute Gasteiger partial charge is 0.270 e. The molecule has 126 valence electrons. The summed E-state index contributed by atoms with van der Waals surface area (Å²) in [7, 11) is 0. The van der Waals surface area contributed by atoms with Crippen LogP contribution in [0.5, 0.6) is 0 Å². The molecule has 0 bridgehead atoms. The van der Waals surface area contributed by atoms with Gasteiger partial charge in [0, 0.05) is 5.02 Å². The third kappa shape index (κ3) is 3.55. The van der Waals surface area contributed by atoms with Gasteiger partial charge in [0.05, 0.1) is 15.7 Å². The molecular weight excluding hydrogens is 403 g/mol. The highest BCUT2D eigenvalue weighted by molar-refractivity contribution is 7.80. The fraction of sp³-hybridized carbons (Fsp3) is 0. The largest absolute Gasteiger partial charge is 0.298 e. The molecule has 8 heteroatoms. The Labute approximate surface area is 164 Å². The van der Waals surface area contributed by atoms with Crippen LogP contribution in [-0.4, -0.2) is 16.9 Å². The molecule has 0 spiro atoms. The van der Waals surface area contributed by atoms with Gasteiger partial charge in [-0.15, -0.1) is 0 Å². The highest BCUT2D eigenvalue weighted by Crippen LogP contribution is 2.29. The van der Waals surface area contributed by atoms with Gasteiger partial charge in [0.15, 0.2) is 5.11 Å². The number of anilines is 1. The number of rotatable bonds is 2. The molecule has 25 heavy (non-hydrogen) atoms. The van der Waals surface area contributed by atoms with E-state index in [0.717, 1.165) is 0 Å². The van der Waals surface area contributed by atoms with Crippen LogP contribution in [0.2, 0.25) is 15.1 Å². The van der Waals surface area contributed by atoms with Crippen molar-refractivity contribution in [2.45, 2.75) is 0 Å². The number of nitrogens with zero attached hydrogens (tertiary/aromatic N) is 1. The van der Waals surface area contributed by atoms with Crippen LogP contribution in [0.3, 0.4) is 0 Å². The molecule has 0 aromatic heterocycles. The van der Waals surface area contributed by atoms with Crippen molar-refractivity contribution in [1.29, 1.82) is 0 Å². The van der Waals surface area contributed by atoms with Gasteiger partial charge >= 0.3 is 0 Å². The molecule has 1 heterocycles. The fourth-order valence-corrected chi connectivity index (χ4v) is 3.04. The first-order valence-electron chi connectivity index (χ1n) is 6.99. The third-order valence-electron chi connectivity index (χ3n) is 3.47. The van der Waals surface area contributed by atoms with Gasteiger partial charge in [-0.3, -0.25) is 19.8 Å². The molecule has 0 saturated carbocycles. The monoisotopic (exact) mass is 410 g/mol. The van der Waals surface area contributed by atoms with Gasteiger partial charge in [0.2, 0.25) is 0 Å². The summed E-state index contributed by atoms with van der Waals surface area (Å²) in [4.78, 5) is 26.3. The van der Waals surface area contributed by atoms with Crippen LogP contribution in [0.15, 0.2) is 48.0 Å². The van der Waals surface area contributed by atoms with Gasteiger partial charge in [-0.2, -0.15) is 0 Å². The highest BCUT2D eigenvalue weighted by Gasteiger charge is 2.34. The maximum absolute atomic E-state index is 12.8. The van der Waals surface area contributed by atoms with Crippen molar-refractivity contribution >= 4 is 75.7 Å². The van der Waals surface area contributed by atoms with Crippen molar-refractivity contribution in [2.24, 2.45) is 0 Å². The molecule has 1 fully saturated rings. The molecule has 2 aromatic carbocycles. The van der Waals surface area contributed by atoms with E-state index in [4.69, 9.17) is 47.0 Å². The van der Waals surface area contributed by atoms with Crippen molar-refractivity contribution in [3.8, 4) is 0 Å². The summed E-state index contributed by atoms with van der Waals surface area (Å²) >= 11 is 23.1. The van der Waals surface area contributed by atoms with Crippen LogP contribution in [0.1, 0.15) is 5.56 Å². The van der Waals surface area contributed by atoms with Crippen LogP contribution in [0.25, 0.3) is 6.08 Å². The van der Waals surface area contributed by atoms with Crippen LogP contribution >= 0.6 is 47.0 Å². The first-order chi connectivity index (χ1) is 11.9. The molecule has 0 aliphatic carbocycles. The van der Waals surface area contributed by atoms with Gasteiger partial charge in [-0.1, -0.05) is 46.9 Å². The zero-order chi connectivity index (χ0) is 18.1. The number of thiocarbonyl (C=S) groups is 1. The Bertz CT molecular complexity index is 926. The molecule has 1 aliphatic heterocycles. The van der Waals surface area contributed by atoms with Gasteiger partial charge < -0.3 is 0 Å². The van der Waals surface area contributed by atoms with Crippen molar-refractivity contribution in [1.82, 2.24) is 5.32 Å². The Balaban J connectivity index is 2.05. The zero-order valence-electron chi connectivity index (χ0n) is 12.4. The van der Waals surface area contributed by atoms with E-state index in [1.807, 2.05) is 0 Å². The predicted molar refractivity (Wildman–Crippen MR) is 104 cm³/mol. The fourth-order valence-electron chi connectivity index (χ4n) is 2.27. The van der Waals surface area contributed by atoms with Crippen LogP contribution in [0.4, 0.5) is 5.69 Å². The molecule has 2 amide bonds. The molecule has 0 unspecified atom stereocenters. The molecule has 0 atom stereocenters. The quantitative estimate of drug-likeness (QED) is 0.450. The lowest BCUT2D eigenvalue weighted by Crippen LogP contribution is -2.54. The molecule has 1 N–H and O–H groups in total. The average molecular weight is 412 g/mol. The predicted octanol–water partition coefficient (Wildman–Crippen LogP) is 4.48. The van der Waals surface area contributed by atoms with Gasteiger partial charge in [0.1, 0.15) is 5.57 Å². The minimum atomic E-state index is -0.601. The van der Waals surface area contributed by atoms with Gasteiger partial charge in [-0.25, -0.2) is 0 Å². The lowest BCUT2D eigenvalue weighted by Gasteiger charge is -2.29.